The molecule has 0 saturated heterocycles. The van der Waals surface area contributed by atoms with Gasteiger partial charge in [-0.3, -0.25) is 4.79 Å². The average molecular weight is 281 g/mol. The number of carbonyl (C=O) groups is 1. The Bertz CT molecular complexity index is 577. The number of aromatic hydroxyl groups is 1. The van der Waals surface area contributed by atoms with Crippen molar-refractivity contribution >= 4 is 17.3 Å². The van der Waals surface area contributed by atoms with Gasteiger partial charge >= 0.3 is 5.97 Å². The number of esters is 1. The number of rotatable bonds is 4. The summed E-state index contributed by atoms with van der Waals surface area (Å²) in [6.07, 6.45) is 0.735. The van der Waals surface area contributed by atoms with Crippen molar-refractivity contribution in [2.75, 3.05) is 7.11 Å². The second-order valence-electron chi connectivity index (χ2n) is 3.92. The molecule has 0 aliphatic heterocycles. The van der Waals surface area contributed by atoms with Crippen LogP contribution >= 0.6 is 11.3 Å². The zero-order valence-electron chi connectivity index (χ0n) is 10.2. The number of nitrogens with zero attached hydrogens (tertiary/aromatic N) is 1. The Morgan fingerprint density at radius 3 is 2.95 bits per heavy atom. The van der Waals surface area contributed by atoms with Gasteiger partial charge in [-0.25, -0.2) is 9.37 Å². The van der Waals surface area contributed by atoms with Gasteiger partial charge in [-0.05, 0) is 12.1 Å². The van der Waals surface area contributed by atoms with Gasteiger partial charge in [0.25, 0.3) is 0 Å². The Balaban J connectivity index is 2.14. The summed E-state index contributed by atoms with van der Waals surface area (Å²) >= 11 is 1.34. The summed E-state index contributed by atoms with van der Waals surface area (Å²) in [5.41, 5.74) is 1.26. The van der Waals surface area contributed by atoms with E-state index in [1.807, 2.05) is 0 Å². The Kier molecular flexibility index (Phi) is 4.11. The number of thiazole rings is 1. The summed E-state index contributed by atoms with van der Waals surface area (Å²) in [5.74, 6) is -0.944. The predicted molar refractivity (Wildman–Crippen MR) is 69.5 cm³/mol. The highest BCUT2D eigenvalue weighted by Crippen LogP contribution is 2.28. The molecule has 0 bridgehead atoms. The normalized spacial score (nSPS) is 10.4. The second-order valence-corrected chi connectivity index (χ2v) is 4.78. The molecule has 4 nitrogen and oxygen atoms in total. The monoisotopic (exact) mass is 281 g/mol. The maximum atomic E-state index is 13.2. The van der Waals surface area contributed by atoms with E-state index in [1.54, 1.807) is 5.38 Å². The van der Waals surface area contributed by atoms with Crippen LogP contribution in [0.25, 0.3) is 10.6 Å². The van der Waals surface area contributed by atoms with Crippen LogP contribution in [0.2, 0.25) is 0 Å². The van der Waals surface area contributed by atoms with E-state index < -0.39 is 5.82 Å². The molecule has 0 amide bonds. The Morgan fingerprint density at radius 2 is 2.26 bits per heavy atom. The number of hydrogen-bond donors (Lipinski definition) is 1. The van der Waals surface area contributed by atoms with Crippen LogP contribution < -0.4 is 0 Å². The minimum Gasteiger partial charge on any atom is -0.508 e. The Morgan fingerprint density at radius 1 is 1.47 bits per heavy atom. The third kappa shape index (κ3) is 3.51. The van der Waals surface area contributed by atoms with Crippen molar-refractivity contribution in [3.05, 3.63) is 35.1 Å². The summed E-state index contributed by atoms with van der Waals surface area (Å²) in [7, 11) is 1.34. The fourth-order valence-electron chi connectivity index (χ4n) is 1.58. The van der Waals surface area contributed by atoms with E-state index in [4.69, 9.17) is 0 Å². The number of phenols is 1. The number of ether oxygens (including phenoxy) is 1. The molecule has 0 fully saturated rings. The third-order valence-electron chi connectivity index (χ3n) is 2.49. The van der Waals surface area contributed by atoms with E-state index in [2.05, 4.69) is 9.72 Å². The first-order valence-electron chi connectivity index (χ1n) is 5.59. The molecule has 19 heavy (non-hydrogen) atoms. The van der Waals surface area contributed by atoms with Crippen molar-refractivity contribution in [1.82, 2.24) is 4.98 Å². The first-order valence-corrected chi connectivity index (χ1v) is 6.47. The van der Waals surface area contributed by atoms with Crippen LogP contribution in [0.4, 0.5) is 4.39 Å². The molecule has 2 aromatic rings. The minimum atomic E-state index is -0.513. The highest BCUT2D eigenvalue weighted by Gasteiger charge is 2.09. The zero-order chi connectivity index (χ0) is 13.8. The van der Waals surface area contributed by atoms with Crippen molar-refractivity contribution in [3.63, 3.8) is 0 Å². The molecule has 0 aliphatic carbocycles. The summed E-state index contributed by atoms with van der Waals surface area (Å²) in [5, 5.41) is 11.8. The lowest BCUT2D eigenvalue weighted by Gasteiger charge is -1.99. The quantitative estimate of drug-likeness (QED) is 0.875. The van der Waals surface area contributed by atoms with Gasteiger partial charge in [0.2, 0.25) is 0 Å². The lowest BCUT2D eigenvalue weighted by atomic mass is 10.2. The molecule has 6 heteroatoms. The number of halogens is 1. The number of hydrogen-bond acceptors (Lipinski definition) is 5. The van der Waals surface area contributed by atoms with E-state index in [1.165, 1.54) is 30.6 Å². The summed E-state index contributed by atoms with van der Waals surface area (Å²) in [6, 6.07) is 3.80. The van der Waals surface area contributed by atoms with Crippen LogP contribution in [0.15, 0.2) is 23.6 Å². The van der Waals surface area contributed by atoms with Gasteiger partial charge in [-0.1, -0.05) is 0 Å². The Labute approximate surface area is 113 Å². The molecule has 1 N–H and O–H groups in total. The molecule has 1 aromatic heterocycles. The molecule has 100 valence electrons. The highest BCUT2D eigenvalue weighted by atomic mass is 32.1. The van der Waals surface area contributed by atoms with Crippen LogP contribution in [0.3, 0.4) is 0 Å². The van der Waals surface area contributed by atoms with Gasteiger partial charge < -0.3 is 9.84 Å². The van der Waals surface area contributed by atoms with Crippen molar-refractivity contribution < 1.29 is 19.0 Å². The third-order valence-corrected chi connectivity index (χ3v) is 3.43. The highest BCUT2D eigenvalue weighted by molar-refractivity contribution is 7.13. The molecule has 2 rings (SSSR count). The molecule has 0 aliphatic rings. The molecule has 1 aromatic carbocycles. The molecular weight excluding hydrogens is 269 g/mol. The largest absolute Gasteiger partial charge is 0.508 e. The van der Waals surface area contributed by atoms with E-state index in [9.17, 15) is 14.3 Å². The van der Waals surface area contributed by atoms with E-state index >= 15 is 0 Å². The van der Waals surface area contributed by atoms with E-state index in [0.29, 0.717) is 17.0 Å². The maximum absolute atomic E-state index is 13.2. The van der Waals surface area contributed by atoms with Crippen LogP contribution in [-0.2, 0) is 16.0 Å². The SMILES string of the molecule is COC(=O)CCc1csc(-c2cc(O)cc(F)c2)n1. The van der Waals surface area contributed by atoms with E-state index in [-0.39, 0.29) is 18.1 Å². The average Bonchev–Trinajstić information content (AvgIpc) is 2.83. The number of aromatic nitrogens is 1. The lowest BCUT2D eigenvalue weighted by molar-refractivity contribution is -0.140. The fourth-order valence-corrected chi connectivity index (χ4v) is 2.43. The molecule has 0 atom stereocenters. The number of aryl methyl sites for hydroxylation is 1. The molecular formula is C13H12FNO3S. The minimum absolute atomic E-state index is 0.138. The number of benzene rings is 1. The number of phenolic OH excluding ortho intramolecular Hbond substituents is 1. The molecule has 0 saturated carbocycles. The van der Waals surface area contributed by atoms with E-state index in [0.717, 1.165) is 11.8 Å². The Hall–Kier alpha value is -1.95. The summed E-state index contributed by atoms with van der Waals surface area (Å²) in [6.45, 7) is 0. The van der Waals surface area contributed by atoms with Crippen molar-refractivity contribution in [2.45, 2.75) is 12.8 Å². The molecule has 1 heterocycles. The van der Waals surface area contributed by atoms with Crippen LogP contribution in [0.1, 0.15) is 12.1 Å². The first-order chi connectivity index (χ1) is 9.08. The molecule has 0 unspecified atom stereocenters. The summed E-state index contributed by atoms with van der Waals surface area (Å²) < 4.78 is 17.7. The summed E-state index contributed by atoms with van der Waals surface area (Å²) in [4.78, 5) is 15.3. The van der Waals surface area contributed by atoms with Crippen molar-refractivity contribution in [2.24, 2.45) is 0 Å². The number of carbonyl (C=O) groups excluding carboxylic acids is 1. The van der Waals surface area contributed by atoms with Crippen molar-refractivity contribution in [1.29, 1.82) is 0 Å². The fraction of sp³-hybridized carbons (Fsp3) is 0.231. The van der Waals surface area contributed by atoms with Gasteiger partial charge in [0.05, 0.1) is 19.2 Å². The van der Waals surface area contributed by atoms with Gasteiger partial charge in [0, 0.05) is 23.4 Å². The van der Waals surface area contributed by atoms with Crippen molar-refractivity contribution in [3.8, 4) is 16.3 Å². The standard InChI is InChI=1S/C13H12FNO3S/c1-18-12(17)3-2-10-7-19-13(15-10)8-4-9(14)6-11(16)5-8/h4-7,16H,2-3H2,1H3. The van der Waals surface area contributed by atoms with Gasteiger partial charge in [0.15, 0.2) is 0 Å². The zero-order valence-corrected chi connectivity index (χ0v) is 11.0. The smallest absolute Gasteiger partial charge is 0.305 e. The topological polar surface area (TPSA) is 59.4 Å². The molecule has 0 spiro atoms. The number of methoxy groups -OCH3 is 1. The van der Waals surface area contributed by atoms with Gasteiger partial charge in [-0.2, -0.15) is 0 Å². The maximum Gasteiger partial charge on any atom is 0.305 e. The van der Waals surface area contributed by atoms with Crippen LogP contribution in [0.5, 0.6) is 5.75 Å². The second kappa shape index (κ2) is 5.79. The van der Waals surface area contributed by atoms with Gasteiger partial charge in [0.1, 0.15) is 16.6 Å². The predicted octanol–water partition coefficient (Wildman–Crippen LogP) is 2.76. The molecule has 0 radical (unpaired) electrons. The van der Waals surface area contributed by atoms with Crippen LogP contribution in [-0.4, -0.2) is 23.2 Å². The van der Waals surface area contributed by atoms with Gasteiger partial charge in [-0.15, -0.1) is 11.3 Å². The lowest BCUT2D eigenvalue weighted by Crippen LogP contribution is -2.01. The first kappa shape index (κ1) is 13.5. The van der Waals surface area contributed by atoms with Crippen LogP contribution in [0, 0.1) is 5.82 Å².